The van der Waals surface area contributed by atoms with Crippen LogP contribution in [-0.2, 0) is 4.74 Å². The zero-order valence-electron chi connectivity index (χ0n) is 8.20. The first-order chi connectivity index (χ1) is 6.29. The molecule has 2 saturated carbocycles. The largest absolute Gasteiger partial charge is 0.392 e. The summed E-state index contributed by atoms with van der Waals surface area (Å²) in [5.74, 6) is 0. The van der Waals surface area contributed by atoms with Crippen LogP contribution in [0.4, 0.5) is 0 Å². The third-order valence-corrected chi connectivity index (χ3v) is 3.36. The van der Waals surface area contributed by atoms with Gasteiger partial charge in [0.2, 0.25) is 0 Å². The Kier molecular flexibility index (Phi) is 2.86. The molecule has 2 fully saturated rings. The van der Waals surface area contributed by atoms with Gasteiger partial charge in [-0.05, 0) is 32.1 Å². The molecule has 3 nitrogen and oxygen atoms in total. The van der Waals surface area contributed by atoms with Gasteiger partial charge in [0.15, 0.2) is 0 Å². The molecule has 0 spiro atoms. The fraction of sp³-hybridized carbons (Fsp3) is 1.00. The first-order valence-corrected chi connectivity index (χ1v) is 5.26. The second kappa shape index (κ2) is 3.95. The van der Waals surface area contributed by atoms with Crippen molar-refractivity contribution in [2.24, 2.45) is 0 Å². The van der Waals surface area contributed by atoms with Crippen molar-refractivity contribution in [3.05, 3.63) is 0 Å². The van der Waals surface area contributed by atoms with Gasteiger partial charge in [-0.1, -0.05) is 0 Å². The Hall–Kier alpha value is -0.120. The second-order valence-electron chi connectivity index (χ2n) is 4.30. The molecule has 2 aliphatic carbocycles. The maximum Gasteiger partial charge on any atom is 0.0693 e. The topological polar surface area (TPSA) is 41.5 Å². The average Bonchev–Trinajstić information content (AvgIpc) is 2.43. The van der Waals surface area contributed by atoms with E-state index < -0.39 is 0 Å². The Balaban J connectivity index is 1.68. The van der Waals surface area contributed by atoms with Crippen molar-refractivity contribution >= 4 is 0 Å². The van der Waals surface area contributed by atoms with E-state index >= 15 is 0 Å². The van der Waals surface area contributed by atoms with Crippen LogP contribution < -0.4 is 5.32 Å². The molecular formula is C10H19NO2. The Morgan fingerprint density at radius 3 is 2.62 bits per heavy atom. The lowest BCUT2D eigenvalue weighted by molar-refractivity contribution is 0.00860. The van der Waals surface area contributed by atoms with Crippen LogP contribution >= 0.6 is 0 Å². The summed E-state index contributed by atoms with van der Waals surface area (Å²) in [4.78, 5) is 0. The smallest absolute Gasteiger partial charge is 0.0693 e. The van der Waals surface area contributed by atoms with E-state index in [1.165, 1.54) is 6.42 Å². The summed E-state index contributed by atoms with van der Waals surface area (Å²) in [6.07, 6.45) is 5.84. The van der Waals surface area contributed by atoms with E-state index in [-0.39, 0.29) is 6.10 Å². The molecule has 0 aliphatic heterocycles. The monoisotopic (exact) mass is 185 g/mol. The minimum absolute atomic E-state index is 0.110. The summed E-state index contributed by atoms with van der Waals surface area (Å²) in [5.41, 5.74) is 0. The van der Waals surface area contributed by atoms with Gasteiger partial charge in [0.25, 0.3) is 0 Å². The third kappa shape index (κ3) is 2.03. The number of ether oxygens (including phenoxy) is 1. The molecule has 2 aliphatic rings. The molecule has 2 rings (SSSR count). The van der Waals surface area contributed by atoms with Gasteiger partial charge in [0, 0.05) is 19.2 Å². The van der Waals surface area contributed by atoms with Crippen LogP contribution in [-0.4, -0.2) is 36.5 Å². The molecule has 0 aromatic heterocycles. The van der Waals surface area contributed by atoms with Crippen LogP contribution in [0.25, 0.3) is 0 Å². The average molecular weight is 185 g/mol. The van der Waals surface area contributed by atoms with Gasteiger partial charge in [-0.2, -0.15) is 0 Å². The molecule has 0 heterocycles. The lowest BCUT2D eigenvalue weighted by Crippen LogP contribution is -2.51. The number of methoxy groups -OCH3 is 1. The van der Waals surface area contributed by atoms with E-state index in [0.29, 0.717) is 18.2 Å². The first kappa shape index (κ1) is 9.44. The van der Waals surface area contributed by atoms with Crippen LogP contribution in [0.1, 0.15) is 32.1 Å². The van der Waals surface area contributed by atoms with Gasteiger partial charge >= 0.3 is 0 Å². The van der Waals surface area contributed by atoms with Crippen LogP contribution in [0, 0.1) is 0 Å². The number of nitrogens with one attached hydrogen (secondary N) is 1. The normalized spacial score (nSPS) is 44.8. The lowest BCUT2D eigenvalue weighted by Gasteiger charge is -2.37. The van der Waals surface area contributed by atoms with E-state index in [1.54, 1.807) is 7.11 Å². The van der Waals surface area contributed by atoms with E-state index in [9.17, 15) is 5.11 Å². The van der Waals surface area contributed by atoms with Gasteiger partial charge in [-0.3, -0.25) is 0 Å². The molecule has 13 heavy (non-hydrogen) atoms. The molecule has 76 valence electrons. The predicted molar refractivity (Wildman–Crippen MR) is 50.6 cm³/mol. The van der Waals surface area contributed by atoms with E-state index in [0.717, 1.165) is 25.7 Å². The first-order valence-electron chi connectivity index (χ1n) is 5.26. The van der Waals surface area contributed by atoms with Gasteiger partial charge in [0.1, 0.15) is 0 Å². The third-order valence-electron chi connectivity index (χ3n) is 3.36. The van der Waals surface area contributed by atoms with Crippen molar-refractivity contribution < 1.29 is 9.84 Å². The van der Waals surface area contributed by atoms with E-state index in [4.69, 9.17) is 4.74 Å². The molecule has 0 radical (unpaired) electrons. The SMILES string of the molecule is COC1CC(NC2CCCC2O)C1. The summed E-state index contributed by atoms with van der Waals surface area (Å²) in [5, 5.41) is 13.1. The van der Waals surface area contributed by atoms with Gasteiger partial charge in [-0.25, -0.2) is 0 Å². The molecule has 0 amide bonds. The quantitative estimate of drug-likeness (QED) is 0.679. The Morgan fingerprint density at radius 2 is 2.08 bits per heavy atom. The summed E-state index contributed by atoms with van der Waals surface area (Å²) in [6.45, 7) is 0. The fourth-order valence-electron chi connectivity index (χ4n) is 2.33. The van der Waals surface area contributed by atoms with E-state index in [1.807, 2.05) is 0 Å². The number of aliphatic hydroxyl groups is 1. The van der Waals surface area contributed by atoms with Gasteiger partial charge in [-0.15, -0.1) is 0 Å². The number of hydrogen-bond acceptors (Lipinski definition) is 3. The zero-order valence-corrected chi connectivity index (χ0v) is 8.20. The standard InChI is InChI=1S/C10H19NO2/c1-13-8-5-7(6-8)11-9-3-2-4-10(9)12/h7-12H,2-6H2,1H3. The van der Waals surface area contributed by atoms with Crippen LogP contribution in [0.5, 0.6) is 0 Å². The molecule has 3 heteroatoms. The maximum atomic E-state index is 9.59. The highest BCUT2D eigenvalue weighted by molar-refractivity contribution is 4.92. The highest BCUT2D eigenvalue weighted by Crippen LogP contribution is 2.26. The zero-order chi connectivity index (χ0) is 9.26. The maximum absolute atomic E-state index is 9.59. The molecular weight excluding hydrogens is 166 g/mol. The molecule has 0 saturated heterocycles. The van der Waals surface area contributed by atoms with Gasteiger partial charge < -0.3 is 15.2 Å². The lowest BCUT2D eigenvalue weighted by atomic mass is 9.88. The summed E-state index contributed by atoms with van der Waals surface area (Å²) >= 11 is 0. The van der Waals surface area contributed by atoms with Crippen molar-refractivity contribution in [2.75, 3.05) is 7.11 Å². The Labute approximate surface area is 79.5 Å². The molecule has 0 aromatic rings. The minimum Gasteiger partial charge on any atom is -0.392 e. The number of rotatable bonds is 3. The van der Waals surface area contributed by atoms with Crippen LogP contribution in [0.2, 0.25) is 0 Å². The molecule has 2 N–H and O–H groups in total. The molecule has 2 unspecified atom stereocenters. The Morgan fingerprint density at radius 1 is 1.31 bits per heavy atom. The summed E-state index contributed by atoms with van der Waals surface area (Å²) < 4.78 is 5.21. The van der Waals surface area contributed by atoms with Crippen molar-refractivity contribution in [1.82, 2.24) is 5.32 Å². The molecule has 0 bridgehead atoms. The Bertz CT molecular complexity index is 168. The number of hydrogen-bond donors (Lipinski definition) is 2. The van der Waals surface area contributed by atoms with Crippen molar-refractivity contribution in [2.45, 2.75) is 56.4 Å². The second-order valence-corrected chi connectivity index (χ2v) is 4.30. The van der Waals surface area contributed by atoms with E-state index in [2.05, 4.69) is 5.32 Å². The van der Waals surface area contributed by atoms with Crippen molar-refractivity contribution in [3.8, 4) is 0 Å². The highest BCUT2D eigenvalue weighted by atomic mass is 16.5. The molecule has 2 atom stereocenters. The summed E-state index contributed by atoms with van der Waals surface area (Å²) in [6, 6.07) is 0.936. The molecule has 0 aromatic carbocycles. The highest BCUT2D eigenvalue weighted by Gasteiger charge is 2.33. The number of aliphatic hydroxyl groups excluding tert-OH is 1. The van der Waals surface area contributed by atoms with Gasteiger partial charge in [0.05, 0.1) is 12.2 Å². The van der Waals surface area contributed by atoms with Crippen LogP contribution in [0.15, 0.2) is 0 Å². The minimum atomic E-state index is -0.110. The van der Waals surface area contributed by atoms with Crippen molar-refractivity contribution in [3.63, 3.8) is 0 Å². The predicted octanol–water partition coefficient (Wildman–Crippen LogP) is 0.667. The fourth-order valence-corrected chi connectivity index (χ4v) is 2.33. The summed E-state index contributed by atoms with van der Waals surface area (Å²) in [7, 11) is 1.77. The van der Waals surface area contributed by atoms with Crippen LogP contribution in [0.3, 0.4) is 0 Å². The van der Waals surface area contributed by atoms with Crippen molar-refractivity contribution in [1.29, 1.82) is 0 Å².